The second kappa shape index (κ2) is 17.5. The second-order valence-electron chi connectivity index (χ2n) is 13.1. The summed E-state index contributed by atoms with van der Waals surface area (Å²) in [6.45, 7) is 18.8. The maximum atomic E-state index is 13.6. The molecule has 3 nitrogen and oxygen atoms in total. The molecular formula is C39H58O3. The molecule has 3 unspecified atom stereocenters. The number of benzene rings is 2. The summed E-state index contributed by atoms with van der Waals surface area (Å²) in [7, 11) is 0. The Morgan fingerprint density at radius 1 is 0.929 bits per heavy atom. The molecule has 0 spiro atoms. The monoisotopic (exact) mass is 574 g/mol. The fraction of sp³-hybridized carbons (Fsp3) is 0.615. The van der Waals surface area contributed by atoms with Crippen LogP contribution in [0.3, 0.4) is 0 Å². The van der Waals surface area contributed by atoms with Gasteiger partial charge < -0.3 is 0 Å². The minimum absolute atomic E-state index is 0.0292. The lowest BCUT2D eigenvalue weighted by Crippen LogP contribution is -2.30. The number of hydrogen-bond donors (Lipinski definition) is 0. The SMILES string of the molecule is CCC.CCCC(CC1CC(=O)c2c(C)ccc(-c3cc(CCC(C)C)ccc3CC)c2C1)C(CC)C(=O)CC(C)=O. The smallest absolute Gasteiger partial charge is 0.163 e. The minimum Gasteiger partial charge on any atom is -0.300 e. The topological polar surface area (TPSA) is 51.2 Å². The van der Waals surface area contributed by atoms with Crippen molar-refractivity contribution in [3.8, 4) is 11.1 Å². The van der Waals surface area contributed by atoms with Gasteiger partial charge in [-0.3, -0.25) is 14.4 Å². The van der Waals surface area contributed by atoms with Crippen LogP contribution in [-0.2, 0) is 28.9 Å². The van der Waals surface area contributed by atoms with Gasteiger partial charge >= 0.3 is 0 Å². The van der Waals surface area contributed by atoms with E-state index in [9.17, 15) is 14.4 Å². The van der Waals surface area contributed by atoms with Gasteiger partial charge in [0.15, 0.2) is 5.78 Å². The molecule has 0 radical (unpaired) electrons. The molecule has 1 aliphatic carbocycles. The van der Waals surface area contributed by atoms with Gasteiger partial charge in [0.1, 0.15) is 11.6 Å². The van der Waals surface area contributed by atoms with Gasteiger partial charge in [0.05, 0.1) is 6.42 Å². The molecule has 0 fully saturated rings. The van der Waals surface area contributed by atoms with Crippen molar-refractivity contribution in [1.82, 2.24) is 0 Å². The molecule has 1 aliphatic rings. The van der Waals surface area contributed by atoms with Crippen LogP contribution in [0.15, 0.2) is 30.3 Å². The van der Waals surface area contributed by atoms with Crippen molar-refractivity contribution in [2.45, 2.75) is 133 Å². The summed E-state index contributed by atoms with van der Waals surface area (Å²) in [5.41, 5.74) is 8.37. The summed E-state index contributed by atoms with van der Waals surface area (Å²) in [6.07, 6.45) is 9.45. The van der Waals surface area contributed by atoms with E-state index in [2.05, 4.69) is 85.7 Å². The van der Waals surface area contributed by atoms with Gasteiger partial charge in [-0.05, 0) is 104 Å². The van der Waals surface area contributed by atoms with E-state index in [0.29, 0.717) is 12.3 Å². The Bertz CT molecular complexity index is 1190. The third kappa shape index (κ3) is 9.75. The van der Waals surface area contributed by atoms with E-state index in [1.165, 1.54) is 41.2 Å². The number of ketones is 3. The van der Waals surface area contributed by atoms with Crippen molar-refractivity contribution in [2.75, 3.05) is 0 Å². The van der Waals surface area contributed by atoms with Crippen molar-refractivity contribution in [3.63, 3.8) is 0 Å². The fourth-order valence-corrected chi connectivity index (χ4v) is 6.79. The maximum absolute atomic E-state index is 13.6. The van der Waals surface area contributed by atoms with Crippen LogP contribution in [0.25, 0.3) is 11.1 Å². The lowest BCUT2D eigenvalue weighted by atomic mass is 9.71. The summed E-state index contributed by atoms with van der Waals surface area (Å²) in [4.78, 5) is 38.4. The largest absolute Gasteiger partial charge is 0.300 e. The van der Waals surface area contributed by atoms with Crippen LogP contribution in [0, 0.1) is 30.6 Å². The summed E-state index contributed by atoms with van der Waals surface area (Å²) >= 11 is 0. The van der Waals surface area contributed by atoms with Crippen LogP contribution >= 0.6 is 0 Å². The molecule has 2 aromatic rings. The first-order valence-corrected chi connectivity index (χ1v) is 16.8. The molecule has 0 amide bonds. The highest BCUT2D eigenvalue weighted by atomic mass is 16.1. The molecule has 0 saturated heterocycles. The first-order chi connectivity index (χ1) is 20.0. The highest BCUT2D eigenvalue weighted by Gasteiger charge is 2.34. The number of carbonyl (C=O) groups is 3. The lowest BCUT2D eigenvalue weighted by Gasteiger charge is -2.33. The van der Waals surface area contributed by atoms with Crippen molar-refractivity contribution >= 4 is 17.3 Å². The number of rotatable bonds is 14. The normalized spacial score (nSPS) is 16.0. The van der Waals surface area contributed by atoms with Crippen molar-refractivity contribution in [2.24, 2.45) is 23.7 Å². The Morgan fingerprint density at radius 3 is 2.19 bits per heavy atom. The van der Waals surface area contributed by atoms with Gasteiger partial charge in [0, 0.05) is 17.9 Å². The van der Waals surface area contributed by atoms with E-state index < -0.39 is 0 Å². The summed E-state index contributed by atoms with van der Waals surface area (Å²) in [6, 6.07) is 11.3. The van der Waals surface area contributed by atoms with Crippen molar-refractivity contribution < 1.29 is 14.4 Å². The molecular weight excluding hydrogens is 516 g/mol. The molecule has 0 aliphatic heterocycles. The molecule has 3 atom stereocenters. The maximum Gasteiger partial charge on any atom is 0.163 e. The summed E-state index contributed by atoms with van der Waals surface area (Å²) in [5, 5.41) is 0. The summed E-state index contributed by atoms with van der Waals surface area (Å²) < 4.78 is 0. The molecule has 0 saturated carbocycles. The van der Waals surface area contributed by atoms with E-state index in [1.54, 1.807) is 0 Å². The lowest BCUT2D eigenvalue weighted by molar-refractivity contribution is -0.129. The van der Waals surface area contributed by atoms with Gasteiger partial charge in [-0.25, -0.2) is 0 Å². The van der Waals surface area contributed by atoms with Gasteiger partial charge in [-0.2, -0.15) is 0 Å². The van der Waals surface area contributed by atoms with Gasteiger partial charge in [-0.15, -0.1) is 0 Å². The van der Waals surface area contributed by atoms with Crippen LogP contribution in [0.5, 0.6) is 0 Å². The number of Topliss-reactive ketones (excluding diaryl/α,β-unsaturated/α-hetero) is 3. The van der Waals surface area contributed by atoms with Crippen LogP contribution < -0.4 is 0 Å². The highest BCUT2D eigenvalue weighted by molar-refractivity contribution is 6.02. The van der Waals surface area contributed by atoms with Crippen LogP contribution in [0.2, 0.25) is 0 Å². The Hall–Kier alpha value is -2.55. The Labute approximate surface area is 257 Å². The zero-order valence-corrected chi connectivity index (χ0v) is 28.2. The average molecular weight is 575 g/mol. The number of fused-ring (bicyclic) bond motifs is 1. The molecule has 0 heterocycles. The molecule has 0 aromatic heterocycles. The van der Waals surface area contributed by atoms with E-state index in [-0.39, 0.29) is 41.5 Å². The number of aryl methyl sites for hydroxylation is 3. The summed E-state index contributed by atoms with van der Waals surface area (Å²) in [5.74, 6) is 1.25. The van der Waals surface area contributed by atoms with E-state index in [1.807, 2.05) is 0 Å². The van der Waals surface area contributed by atoms with Crippen molar-refractivity contribution in [1.29, 1.82) is 0 Å². The quantitative estimate of drug-likeness (QED) is 0.211. The van der Waals surface area contributed by atoms with E-state index in [4.69, 9.17) is 0 Å². The van der Waals surface area contributed by atoms with Gasteiger partial charge in [0.25, 0.3) is 0 Å². The molecule has 0 N–H and O–H groups in total. The van der Waals surface area contributed by atoms with E-state index >= 15 is 0 Å². The number of hydrogen-bond acceptors (Lipinski definition) is 3. The predicted molar refractivity (Wildman–Crippen MR) is 178 cm³/mol. The second-order valence-corrected chi connectivity index (χ2v) is 13.1. The Balaban J connectivity index is 0.00000197. The van der Waals surface area contributed by atoms with E-state index in [0.717, 1.165) is 62.5 Å². The average Bonchev–Trinajstić information content (AvgIpc) is 2.92. The van der Waals surface area contributed by atoms with Gasteiger partial charge in [0.2, 0.25) is 0 Å². The standard InChI is InChI=1S/C36H50O3.C3H8/c1-8-11-29(30(10-3)34(38)18-25(7)37)19-27-21-33-31(17-13-24(6)36(33)35(39)22-27)32-20-26(14-12-23(4)5)15-16-28(32)9-2;1-3-2/h13,15-17,20,23,27,29-30H,8-12,14,18-19,21-22H2,1-7H3;3H2,1-2H3. The molecule has 3 heteroatoms. The van der Waals surface area contributed by atoms with Crippen LogP contribution in [0.4, 0.5) is 0 Å². The zero-order valence-electron chi connectivity index (χ0n) is 28.2. The fourth-order valence-electron chi connectivity index (χ4n) is 6.79. The molecule has 232 valence electrons. The predicted octanol–water partition coefficient (Wildman–Crippen LogP) is 10.4. The highest BCUT2D eigenvalue weighted by Crippen LogP contribution is 2.41. The third-order valence-electron chi connectivity index (χ3n) is 8.76. The molecule has 0 bridgehead atoms. The van der Waals surface area contributed by atoms with Crippen molar-refractivity contribution in [3.05, 3.63) is 58.1 Å². The van der Waals surface area contributed by atoms with Crippen LogP contribution in [-0.4, -0.2) is 17.3 Å². The molecule has 2 aromatic carbocycles. The minimum atomic E-state index is -0.105. The zero-order chi connectivity index (χ0) is 31.4. The molecule has 3 rings (SSSR count). The third-order valence-corrected chi connectivity index (χ3v) is 8.76. The molecule has 42 heavy (non-hydrogen) atoms. The first kappa shape index (κ1) is 35.6. The Kier molecular flexibility index (Phi) is 14.9. The number of carbonyl (C=O) groups excluding carboxylic acids is 3. The first-order valence-electron chi connectivity index (χ1n) is 16.8. The Morgan fingerprint density at radius 2 is 1.62 bits per heavy atom. The van der Waals surface area contributed by atoms with Crippen LogP contribution in [0.1, 0.15) is 139 Å². The van der Waals surface area contributed by atoms with Gasteiger partial charge in [-0.1, -0.05) is 98.1 Å².